The molecule has 0 aliphatic rings. The molecule has 0 aliphatic carbocycles. The van der Waals surface area contributed by atoms with Gasteiger partial charge in [-0.05, 0) is 53.9 Å². The topological polar surface area (TPSA) is 21.6 Å². The molecule has 126 valence electrons. The van der Waals surface area contributed by atoms with Gasteiger partial charge >= 0.3 is 0 Å². The first-order chi connectivity index (χ1) is 12.1. The van der Waals surface area contributed by atoms with Gasteiger partial charge in [0.25, 0.3) is 0 Å². The van der Waals surface area contributed by atoms with Crippen LogP contribution in [0, 0.1) is 6.92 Å². The zero-order chi connectivity index (χ0) is 17.6. The van der Waals surface area contributed by atoms with Gasteiger partial charge in [0.15, 0.2) is 0 Å². The third-order valence-corrected chi connectivity index (χ3v) is 4.41. The second-order valence-corrected chi connectivity index (χ2v) is 6.47. The van der Waals surface area contributed by atoms with Crippen LogP contribution in [0.4, 0.5) is 5.69 Å². The summed E-state index contributed by atoms with van der Waals surface area (Å²) >= 11 is 12.4. The summed E-state index contributed by atoms with van der Waals surface area (Å²) < 4.78 is 5.78. The number of hydrogen-bond donors (Lipinski definition) is 0. The Bertz CT molecular complexity index is 892. The van der Waals surface area contributed by atoms with E-state index in [1.165, 1.54) is 0 Å². The van der Waals surface area contributed by atoms with E-state index in [4.69, 9.17) is 27.9 Å². The Morgan fingerprint density at radius 3 is 2.44 bits per heavy atom. The highest BCUT2D eigenvalue weighted by atomic mass is 35.5. The van der Waals surface area contributed by atoms with Gasteiger partial charge in [-0.15, -0.1) is 0 Å². The smallest absolute Gasteiger partial charge is 0.138 e. The van der Waals surface area contributed by atoms with Gasteiger partial charge < -0.3 is 4.74 Å². The highest BCUT2D eigenvalue weighted by molar-refractivity contribution is 6.32. The molecule has 0 aliphatic heterocycles. The summed E-state index contributed by atoms with van der Waals surface area (Å²) in [6.45, 7) is 2.44. The molecule has 3 aromatic carbocycles. The SMILES string of the molecule is Cc1ccc(N=Cc2ccc(OCc3ccccc3)c(Cl)c2)cc1Cl. The summed E-state index contributed by atoms with van der Waals surface area (Å²) in [5, 5.41) is 1.26. The van der Waals surface area contributed by atoms with Crippen molar-refractivity contribution in [2.45, 2.75) is 13.5 Å². The van der Waals surface area contributed by atoms with Crippen molar-refractivity contribution in [3.63, 3.8) is 0 Å². The van der Waals surface area contributed by atoms with Crippen LogP contribution in [0.5, 0.6) is 5.75 Å². The zero-order valence-electron chi connectivity index (χ0n) is 13.7. The van der Waals surface area contributed by atoms with E-state index >= 15 is 0 Å². The molecule has 0 fully saturated rings. The Kier molecular flexibility index (Phi) is 5.75. The van der Waals surface area contributed by atoms with Gasteiger partial charge in [0, 0.05) is 11.2 Å². The molecule has 0 unspecified atom stereocenters. The molecule has 25 heavy (non-hydrogen) atoms. The van der Waals surface area contributed by atoms with Crippen molar-refractivity contribution in [2.24, 2.45) is 4.99 Å². The number of nitrogens with zero attached hydrogens (tertiary/aromatic N) is 1. The van der Waals surface area contributed by atoms with Crippen LogP contribution in [0.2, 0.25) is 10.0 Å². The van der Waals surface area contributed by atoms with E-state index in [1.54, 1.807) is 6.21 Å². The maximum atomic E-state index is 6.32. The minimum Gasteiger partial charge on any atom is -0.487 e. The Labute approximate surface area is 157 Å². The zero-order valence-corrected chi connectivity index (χ0v) is 15.3. The van der Waals surface area contributed by atoms with Crippen LogP contribution in [0.15, 0.2) is 71.7 Å². The van der Waals surface area contributed by atoms with E-state index in [-0.39, 0.29) is 0 Å². The first-order valence-corrected chi connectivity index (χ1v) is 8.64. The maximum absolute atomic E-state index is 6.32. The number of aliphatic imine (C=N–C) groups is 1. The molecule has 0 bridgehead atoms. The van der Waals surface area contributed by atoms with Gasteiger partial charge in [0.05, 0.1) is 10.7 Å². The molecule has 0 saturated heterocycles. The number of rotatable bonds is 5. The lowest BCUT2D eigenvalue weighted by Gasteiger charge is -2.08. The number of halogens is 2. The minimum atomic E-state index is 0.482. The second kappa shape index (κ2) is 8.19. The maximum Gasteiger partial charge on any atom is 0.138 e. The van der Waals surface area contributed by atoms with Crippen LogP contribution in [0.25, 0.3) is 0 Å². The van der Waals surface area contributed by atoms with E-state index in [2.05, 4.69) is 4.99 Å². The Balaban J connectivity index is 1.68. The van der Waals surface area contributed by atoms with Gasteiger partial charge in [0.2, 0.25) is 0 Å². The van der Waals surface area contributed by atoms with Gasteiger partial charge in [-0.2, -0.15) is 0 Å². The van der Waals surface area contributed by atoms with Crippen LogP contribution >= 0.6 is 23.2 Å². The summed E-state index contributed by atoms with van der Waals surface area (Å²) in [6, 6.07) is 21.3. The molecule has 0 spiro atoms. The van der Waals surface area contributed by atoms with Crippen molar-refractivity contribution in [3.05, 3.63) is 93.5 Å². The molecule has 3 aromatic rings. The molecule has 3 rings (SSSR count). The molecule has 0 N–H and O–H groups in total. The molecular formula is C21H17Cl2NO. The average molecular weight is 370 g/mol. The number of benzene rings is 3. The van der Waals surface area contributed by atoms with E-state index in [0.29, 0.717) is 22.4 Å². The predicted octanol–water partition coefficient (Wildman–Crippen LogP) is 6.63. The summed E-state index contributed by atoms with van der Waals surface area (Å²) in [6.07, 6.45) is 1.76. The normalized spacial score (nSPS) is 11.0. The fourth-order valence-corrected chi connectivity index (χ4v) is 2.68. The van der Waals surface area contributed by atoms with Gasteiger partial charge in [-0.1, -0.05) is 59.6 Å². The lowest BCUT2D eigenvalue weighted by molar-refractivity contribution is 0.306. The van der Waals surface area contributed by atoms with Crippen LogP contribution < -0.4 is 4.74 Å². The third kappa shape index (κ3) is 4.85. The molecule has 2 nitrogen and oxygen atoms in total. The quantitative estimate of drug-likeness (QED) is 0.462. The molecular weight excluding hydrogens is 353 g/mol. The lowest BCUT2D eigenvalue weighted by Crippen LogP contribution is -1.96. The Hall–Kier alpha value is -2.29. The Morgan fingerprint density at radius 2 is 1.72 bits per heavy atom. The molecule has 0 heterocycles. The van der Waals surface area contributed by atoms with Crippen LogP contribution in [-0.2, 0) is 6.61 Å². The van der Waals surface area contributed by atoms with Crippen molar-refractivity contribution in [1.29, 1.82) is 0 Å². The summed E-state index contributed by atoms with van der Waals surface area (Å²) in [5.41, 5.74) is 3.83. The largest absolute Gasteiger partial charge is 0.487 e. The van der Waals surface area contributed by atoms with Gasteiger partial charge in [-0.3, -0.25) is 4.99 Å². The highest BCUT2D eigenvalue weighted by Crippen LogP contribution is 2.26. The first-order valence-electron chi connectivity index (χ1n) is 7.88. The molecule has 0 saturated carbocycles. The second-order valence-electron chi connectivity index (χ2n) is 5.66. The van der Waals surface area contributed by atoms with E-state index in [9.17, 15) is 0 Å². The molecule has 0 atom stereocenters. The molecule has 0 amide bonds. The van der Waals surface area contributed by atoms with Crippen molar-refractivity contribution in [3.8, 4) is 5.75 Å². The van der Waals surface area contributed by atoms with Crippen molar-refractivity contribution in [2.75, 3.05) is 0 Å². The first kappa shape index (κ1) is 17.5. The van der Waals surface area contributed by atoms with Crippen molar-refractivity contribution < 1.29 is 4.74 Å². The monoisotopic (exact) mass is 369 g/mol. The lowest BCUT2D eigenvalue weighted by atomic mass is 10.2. The van der Waals surface area contributed by atoms with Crippen molar-refractivity contribution >= 4 is 35.1 Å². The van der Waals surface area contributed by atoms with Gasteiger partial charge in [0.1, 0.15) is 12.4 Å². The standard InChI is InChI=1S/C21H17Cl2NO/c1-15-7-9-18(12-19(15)22)24-13-17-8-10-21(20(23)11-17)25-14-16-5-3-2-4-6-16/h2-13H,14H2,1H3. The minimum absolute atomic E-state index is 0.482. The number of ether oxygens (including phenoxy) is 1. The fraction of sp³-hybridized carbons (Fsp3) is 0.0952. The van der Waals surface area contributed by atoms with Crippen LogP contribution in [0.1, 0.15) is 16.7 Å². The average Bonchev–Trinajstić information content (AvgIpc) is 2.63. The summed E-state index contributed by atoms with van der Waals surface area (Å²) in [5.74, 6) is 0.654. The van der Waals surface area contributed by atoms with Gasteiger partial charge in [-0.25, -0.2) is 0 Å². The predicted molar refractivity (Wildman–Crippen MR) is 106 cm³/mol. The Morgan fingerprint density at radius 1 is 0.920 bits per heavy atom. The number of aryl methyl sites for hydroxylation is 1. The van der Waals surface area contributed by atoms with Crippen LogP contribution in [0.3, 0.4) is 0 Å². The summed E-state index contributed by atoms with van der Waals surface area (Å²) in [7, 11) is 0. The molecule has 0 radical (unpaired) electrons. The highest BCUT2D eigenvalue weighted by Gasteiger charge is 2.03. The van der Waals surface area contributed by atoms with E-state index in [0.717, 1.165) is 22.4 Å². The fourth-order valence-electron chi connectivity index (χ4n) is 2.26. The third-order valence-electron chi connectivity index (χ3n) is 3.71. The van der Waals surface area contributed by atoms with E-state index < -0.39 is 0 Å². The molecule has 4 heteroatoms. The number of hydrogen-bond acceptors (Lipinski definition) is 2. The van der Waals surface area contributed by atoms with Crippen molar-refractivity contribution in [1.82, 2.24) is 0 Å². The van der Waals surface area contributed by atoms with Crippen LogP contribution in [-0.4, -0.2) is 6.21 Å². The summed E-state index contributed by atoms with van der Waals surface area (Å²) in [4.78, 5) is 4.43. The van der Waals surface area contributed by atoms with E-state index in [1.807, 2.05) is 73.7 Å². The molecule has 0 aromatic heterocycles.